The van der Waals surface area contributed by atoms with E-state index in [9.17, 15) is 5.11 Å². The SMILES string of the molecule is CCC(N)C(c1ccc(OC)cc1)N1CCC(C(C)O)C1. The highest BCUT2D eigenvalue weighted by atomic mass is 16.5. The average molecular weight is 292 g/mol. The summed E-state index contributed by atoms with van der Waals surface area (Å²) in [5, 5.41) is 9.81. The van der Waals surface area contributed by atoms with E-state index in [-0.39, 0.29) is 18.2 Å². The predicted molar refractivity (Wildman–Crippen MR) is 85.4 cm³/mol. The van der Waals surface area contributed by atoms with Crippen molar-refractivity contribution >= 4 is 0 Å². The largest absolute Gasteiger partial charge is 0.497 e. The van der Waals surface area contributed by atoms with Crippen LogP contribution >= 0.6 is 0 Å². The number of aliphatic hydroxyl groups excluding tert-OH is 1. The molecule has 1 heterocycles. The van der Waals surface area contributed by atoms with Gasteiger partial charge >= 0.3 is 0 Å². The van der Waals surface area contributed by atoms with E-state index in [0.717, 1.165) is 31.7 Å². The van der Waals surface area contributed by atoms with Crippen molar-refractivity contribution in [3.8, 4) is 5.75 Å². The smallest absolute Gasteiger partial charge is 0.118 e. The van der Waals surface area contributed by atoms with Gasteiger partial charge in [-0.05, 0) is 49.9 Å². The van der Waals surface area contributed by atoms with Crippen LogP contribution in [-0.4, -0.2) is 42.4 Å². The monoisotopic (exact) mass is 292 g/mol. The molecule has 3 N–H and O–H groups in total. The van der Waals surface area contributed by atoms with E-state index in [1.807, 2.05) is 19.1 Å². The molecule has 1 saturated heterocycles. The number of hydrogen-bond acceptors (Lipinski definition) is 4. The lowest BCUT2D eigenvalue weighted by Crippen LogP contribution is -2.40. The van der Waals surface area contributed by atoms with Gasteiger partial charge in [0.25, 0.3) is 0 Å². The molecular weight excluding hydrogens is 264 g/mol. The molecule has 4 heteroatoms. The maximum atomic E-state index is 9.81. The molecule has 4 atom stereocenters. The van der Waals surface area contributed by atoms with Gasteiger partial charge in [-0.2, -0.15) is 0 Å². The second-order valence-corrected chi connectivity index (χ2v) is 6.07. The molecule has 1 aliphatic rings. The molecule has 1 fully saturated rings. The number of likely N-dealkylation sites (tertiary alicyclic amines) is 1. The van der Waals surface area contributed by atoms with Gasteiger partial charge in [-0.3, -0.25) is 4.90 Å². The number of rotatable bonds is 6. The van der Waals surface area contributed by atoms with Crippen molar-refractivity contribution in [2.75, 3.05) is 20.2 Å². The number of benzene rings is 1. The predicted octanol–water partition coefficient (Wildman–Crippen LogP) is 2.18. The Balaban J connectivity index is 2.18. The van der Waals surface area contributed by atoms with Crippen molar-refractivity contribution in [3.05, 3.63) is 29.8 Å². The lowest BCUT2D eigenvalue weighted by molar-refractivity contribution is 0.118. The van der Waals surface area contributed by atoms with Crippen LogP contribution in [0, 0.1) is 5.92 Å². The lowest BCUT2D eigenvalue weighted by atomic mass is 9.96. The Labute approximate surface area is 127 Å². The minimum atomic E-state index is -0.246. The van der Waals surface area contributed by atoms with Gasteiger partial charge in [-0.1, -0.05) is 19.1 Å². The fourth-order valence-electron chi connectivity index (χ4n) is 3.21. The van der Waals surface area contributed by atoms with Gasteiger partial charge < -0.3 is 15.6 Å². The zero-order chi connectivity index (χ0) is 15.4. The maximum absolute atomic E-state index is 9.81. The van der Waals surface area contributed by atoms with Crippen molar-refractivity contribution in [3.63, 3.8) is 0 Å². The van der Waals surface area contributed by atoms with E-state index in [1.165, 1.54) is 5.56 Å². The highest BCUT2D eigenvalue weighted by Gasteiger charge is 2.33. The van der Waals surface area contributed by atoms with Crippen LogP contribution in [0.4, 0.5) is 0 Å². The first-order valence-electron chi connectivity index (χ1n) is 7.88. The topological polar surface area (TPSA) is 58.7 Å². The fraction of sp³-hybridized carbons (Fsp3) is 0.647. The number of hydrogen-bond donors (Lipinski definition) is 2. The highest BCUT2D eigenvalue weighted by Crippen LogP contribution is 2.32. The molecule has 1 aromatic rings. The summed E-state index contributed by atoms with van der Waals surface area (Å²) in [6, 6.07) is 8.51. The number of aliphatic hydroxyl groups is 1. The second kappa shape index (κ2) is 7.25. The fourth-order valence-corrected chi connectivity index (χ4v) is 3.21. The number of ether oxygens (including phenoxy) is 1. The van der Waals surface area contributed by atoms with Crippen LogP contribution in [0.1, 0.15) is 38.3 Å². The molecule has 2 rings (SSSR count). The molecule has 0 aliphatic carbocycles. The van der Waals surface area contributed by atoms with Crippen LogP contribution in [0.3, 0.4) is 0 Å². The van der Waals surface area contributed by atoms with Crippen LogP contribution in [0.5, 0.6) is 5.75 Å². The van der Waals surface area contributed by atoms with Gasteiger partial charge in [0.1, 0.15) is 5.75 Å². The molecule has 1 aromatic carbocycles. The molecule has 0 aromatic heterocycles. The van der Waals surface area contributed by atoms with Crippen molar-refractivity contribution < 1.29 is 9.84 Å². The van der Waals surface area contributed by atoms with Crippen LogP contribution in [0.15, 0.2) is 24.3 Å². The Morgan fingerprint density at radius 2 is 2.05 bits per heavy atom. The van der Waals surface area contributed by atoms with Crippen LogP contribution in [-0.2, 0) is 0 Å². The highest BCUT2D eigenvalue weighted by molar-refractivity contribution is 5.30. The van der Waals surface area contributed by atoms with E-state index in [1.54, 1.807) is 7.11 Å². The molecule has 4 unspecified atom stereocenters. The molecule has 0 spiro atoms. The summed E-state index contributed by atoms with van der Waals surface area (Å²) in [6.07, 6.45) is 1.73. The maximum Gasteiger partial charge on any atom is 0.118 e. The minimum Gasteiger partial charge on any atom is -0.497 e. The molecule has 4 nitrogen and oxygen atoms in total. The summed E-state index contributed by atoms with van der Waals surface area (Å²) in [7, 11) is 1.68. The summed E-state index contributed by atoms with van der Waals surface area (Å²) in [4.78, 5) is 2.42. The van der Waals surface area contributed by atoms with Crippen LogP contribution in [0.2, 0.25) is 0 Å². The summed E-state index contributed by atoms with van der Waals surface area (Å²) in [5.74, 6) is 1.22. The van der Waals surface area contributed by atoms with Gasteiger partial charge in [0.2, 0.25) is 0 Å². The molecule has 1 aliphatic heterocycles. The van der Waals surface area contributed by atoms with E-state index >= 15 is 0 Å². The van der Waals surface area contributed by atoms with E-state index in [2.05, 4.69) is 24.0 Å². The average Bonchev–Trinajstić information content (AvgIpc) is 2.97. The normalized spacial score (nSPS) is 23.8. The molecule has 21 heavy (non-hydrogen) atoms. The standard InChI is InChI=1S/C17H28N2O2/c1-4-16(18)17(13-5-7-15(21-3)8-6-13)19-10-9-14(11-19)12(2)20/h5-8,12,14,16-17,20H,4,9-11,18H2,1-3H3. The number of methoxy groups -OCH3 is 1. The summed E-state index contributed by atoms with van der Waals surface area (Å²) in [5.41, 5.74) is 7.62. The lowest BCUT2D eigenvalue weighted by Gasteiger charge is -2.33. The zero-order valence-electron chi connectivity index (χ0n) is 13.3. The Morgan fingerprint density at radius 3 is 2.52 bits per heavy atom. The molecule has 0 radical (unpaired) electrons. The zero-order valence-corrected chi connectivity index (χ0v) is 13.3. The van der Waals surface area contributed by atoms with Crippen molar-refractivity contribution in [2.24, 2.45) is 11.7 Å². The van der Waals surface area contributed by atoms with Gasteiger partial charge in [-0.25, -0.2) is 0 Å². The molecule has 0 bridgehead atoms. The second-order valence-electron chi connectivity index (χ2n) is 6.07. The van der Waals surface area contributed by atoms with Gasteiger partial charge in [0.15, 0.2) is 0 Å². The molecular formula is C17H28N2O2. The third-order valence-electron chi connectivity index (χ3n) is 4.67. The van der Waals surface area contributed by atoms with Crippen molar-refractivity contribution in [1.82, 2.24) is 4.90 Å². The van der Waals surface area contributed by atoms with Crippen molar-refractivity contribution in [2.45, 2.75) is 44.9 Å². The molecule has 118 valence electrons. The Morgan fingerprint density at radius 1 is 1.38 bits per heavy atom. The number of nitrogens with zero attached hydrogens (tertiary/aromatic N) is 1. The quantitative estimate of drug-likeness (QED) is 0.844. The Bertz CT molecular complexity index is 433. The minimum absolute atomic E-state index is 0.103. The summed E-state index contributed by atoms with van der Waals surface area (Å²) < 4.78 is 5.23. The summed E-state index contributed by atoms with van der Waals surface area (Å²) >= 11 is 0. The first-order valence-corrected chi connectivity index (χ1v) is 7.88. The summed E-state index contributed by atoms with van der Waals surface area (Å²) in [6.45, 7) is 5.93. The van der Waals surface area contributed by atoms with Gasteiger partial charge in [0.05, 0.1) is 13.2 Å². The first-order chi connectivity index (χ1) is 10.1. The van der Waals surface area contributed by atoms with Crippen molar-refractivity contribution in [1.29, 1.82) is 0 Å². The third-order valence-corrected chi connectivity index (χ3v) is 4.67. The first kappa shape index (κ1) is 16.3. The van der Waals surface area contributed by atoms with E-state index < -0.39 is 0 Å². The third kappa shape index (κ3) is 3.76. The van der Waals surface area contributed by atoms with E-state index in [4.69, 9.17) is 10.5 Å². The van der Waals surface area contributed by atoms with Crippen LogP contribution in [0.25, 0.3) is 0 Å². The Kier molecular flexibility index (Phi) is 5.62. The van der Waals surface area contributed by atoms with E-state index in [0.29, 0.717) is 5.92 Å². The number of nitrogens with two attached hydrogens (primary N) is 1. The Hall–Kier alpha value is -1.10. The van der Waals surface area contributed by atoms with Gasteiger partial charge in [-0.15, -0.1) is 0 Å². The van der Waals surface area contributed by atoms with Crippen LogP contribution < -0.4 is 10.5 Å². The molecule has 0 amide bonds. The van der Waals surface area contributed by atoms with Gasteiger partial charge in [0, 0.05) is 18.6 Å². The molecule has 0 saturated carbocycles.